The molecule has 0 aliphatic heterocycles. The van der Waals surface area contributed by atoms with E-state index in [0.29, 0.717) is 0 Å². The molecule has 216 valence electrons. The average Bonchev–Trinajstić information content (AvgIpc) is 2.53. The maximum atomic E-state index is 11.8. The standard InChI is InChI=1S/C6H18O24P6.6Na/c7-1-2(8)4(25-34(19,20)28-31(10,11)12)6(27-36(23,24)30-33(16,17)18)5(3(1)9)26-35(21,22)29-32(13,14)15;;;;;;/h1-9H,(H,19,20)(H,21,22)(H,23,24)(H2,10,11,12)(H2,13,14,15)(H2,16,17,18);;;;;;/q;6*+1/p-6/t1-,2+,3-,4-,5+,6+;;;;;;. The number of hydrogen-bond acceptors (Lipinski definition) is 21. The molecule has 0 heterocycles. The minimum Gasteiger partial charge on any atom is -0.790 e. The van der Waals surface area contributed by atoms with E-state index in [0.717, 1.165) is 0 Å². The molecule has 0 saturated heterocycles. The topological polar surface area (TPSA) is 418 Å². The molecule has 1 aliphatic rings. The Balaban J connectivity index is -0.000000540. The van der Waals surface area contributed by atoms with E-state index in [1.165, 1.54) is 0 Å². The average molecular weight is 792 g/mol. The van der Waals surface area contributed by atoms with E-state index < -0.39 is 83.6 Å². The summed E-state index contributed by atoms with van der Waals surface area (Å²) >= 11 is 0. The van der Waals surface area contributed by atoms with Crippen LogP contribution in [0.2, 0.25) is 0 Å². The van der Waals surface area contributed by atoms with Crippen molar-refractivity contribution < 1.29 is 291 Å². The molecule has 42 heavy (non-hydrogen) atoms. The van der Waals surface area contributed by atoms with Crippen LogP contribution >= 0.6 is 46.9 Å². The number of rotatable bonds is 12. The van der Waals surface area contributed by atoms with Crippen molar-refractivity contribution in [3.8, 4) is 0 Å². The van der Waals surface area contributed by atoms with Crippen molar-refractivity contribution in [2.45, 2.75) is 36.6 Å². The van der Waals surface area contributed by atoms with Gasteiger partial charge in [0, 0.05) is 0 Å². The molecule has 0 aromatic carbocycles. The monoisotopic (exact) mass is 792 g/mol. The SMILES string of the molecule is O=P([O-])([O-])OP(=O)([O-])O[C@H]1[C@H](OP(=O)([O-])OP(=O)([O-])[O-])[C@@H](O)[C@@H](O)[C@@H](O)[C@@H]1OP(=O)(O)OP(=O)(O)O.[Na+].[Na+].[Na+].[Na+].[Na+].[Na+]. The molecule has 24 nitrogen and oxygen atoms in total. The second kappa shape index (κ2) is 23.4. The van der Waals surface area contributed by atoms with Gasteiger partial charge in [-0.3, -0.25) is 22.3 Å². The van der Waals surface area contributed by atoms with Crippen molar-refractivity contribution in [1.82, 2.24) is 0 Å². The first kappa shape index (κ1) is 60.7. The first-order valence-electron chi connectivity index (χ1n) is 7.92. The zero-order valence-corrected chi connectivity index (χ0v) is 39.5. The van der Waals surface area contributed by atoms with E-state index in [4.69, 9.17) is 9.79 Å². The second-order valence-electron chi connectivity index (χ2n) is 6.17. The van der Waals surface area contributed by atoms with Gasteiger partial charge in [0.1, 0.15) is 36.6 Å². The Morgan fingerprint density at radius 3 is 1.02 bits per heavy atom. The Bertz CT molecular complexity index is 1030. The zero-order valence-electron chi connectivity index (χ0n) is 22.2. The molecule has 36 heteroatoms. The summed E-state index contributed by atoms with van der Waals surface area (Å²) < 4.78 is 88.4. The van der Waals surface area contributed by atoms with Gasteiger partial charge in [-0.1, -0.05) is 0 Å². The van der Waals surface area contributed by atoms with Crippen molar-refractivity contribution in [3.05, 3.63) is 0 Å². The molecular weight excluding hydrogens is 780 g/mol. The molecule has 1 saturated carbocycles. The first-order chi connectivity index (χ1) is 15.6. The molecular formula is C6H12Na6O24P6. The quantitative estimate of drug-likeness (QED) is 0.0789. The van der Waals surface area contributed by atoms with Gasteiger partial charge in [-0.25, -0.2) is 9.13 Å². The van der Waals surface area contributed by atoms with E-state index >= 15 is 0 Å². The number of phosphoric ester groups is 3. The summed E-state index contributed by atoms with van der Waals surface area (Å²) in [7, 11) is -38.3. The fourth-order valence-electron chi connectivity index (χ4n) is 2.42. The van der Waals surface area contributed by atoms with Gasteiger partial charge in [0.05, 0.1) is 15.6 Å². The molecule has 3 unspecified atom stereocenters. The molecule has 6 N–H and O–H groups in total. The zero-order chi connectivity index (χ0) is 28.7. The van der Waals surface area contributed by atoms with Crippen molar-refractivity contribution in [2.75, 3.05) is 0 Å². The van der Waals surface area contributed by atoms with Gasteiger partial charge in [0.25, 0.3) is 15.6 Å². The number of hydrogen-bond donors (Lipinski definition) is 6. The van der Waals surface area contributed by atoms with Crippen LogP contribution in [0.1, 0.15) is 0 Å². The van der Waals surface area contributed by atoms with E-state index in [2.05, 4.69) is 26.5 Å². The number of aliphatic hydroxyl groups excluding tert-OH is 3. The molecule has 0 aromatic rings. The van der Waals surface area contributed by atoms with Crippen molar-refractivity contribution in [2.24, 2.45) is 0 Å². The Morgan fingerprint density at radius 1 is 0.452 bits per heavy atom. The van der Waals surface area contributed by atoms with Crippen LogP contribution in [-0.4, -0.2) is 66.6 Å². The molecule has 1 fully saturated rings. The van der Waals surface area contributed by atoms with Crippen molar-refractivity contribution in [1.29, 1.82) is 0 Å². The maximum Gasteiger partial charge on any atom is 1.00 e. The summed E-state index contributed by atoms with van der Waals surface area (Å²) in [5, 5.41) is 29.8. The van der Waals surface area contributed by atoms with Gasteiger partial charge in [-0.05, 0) is 0 Å². The summed E-state index contributed by atoms with van der Waals surface area (Å²) in [6.45, 7) is 0. The molecule has 1 rings (SSSR count). The Hall–Kier alpha value is 6.66. The fourth-order valence-corrected chi connectivity index (χ4v) is 7.55. The van der Waals surface area contributed by atoms with Crippen LogP contribution in [0.3, 0.4) is 0 Å². The van der Waals surface area contributed by atoms with Gasteiger partial charge < -0.3 is 77.5 Å². The second-order valence-corrected chi connectivity index (χ2v) is 14.3. The molecule has 1 aliphatic carbocycles. The van der Waals surface area contributed by atoms with E-state index in [1.54, 1.807) is 0 Å². The van der Waals surface area contributed by atoms with E-state index in [1.807, 2.05) is 0 Å². The van der Waals surface area contributed by atoms with Gasteiger partial charge in [-0.2, -0.15) is 4.31 Å². The Morgan fingerprint density at radius 2 is 0.738 bits per heavy atom. The predicted octanol–water partition coefficient (Wildman–Crippen LogP) is -24.9. The van der Waals surface area contributed by atoms with Crippen LogP contribution < -0.4 is 207 Å². The molecule has 0 spiro atoms. The molecule has 9 atom stereocenters. The van der Waals surface area contributed by atoms with Crippen LogP contribution in [0.25, 0.3) is 0 Å². The fraction of sp³-hybridized carbons (Fsp3) is 1.00. The molecule has 0 bridgehead atoms. The Kier molecular flexibility index (Phi) is 33.8. The van der Waals surface area contributed by atoms with Gasteiger partial charge in [0.15, 0.2) is 0 Å². The van der Waals surface area contributed by atoms with Crippen LogP contribution in [-0.2, 0) is 53.9 Å². The summed E-state index contributed by atoms with van der Waals surface area (Å²) in [5.74, 6) is 0. The van der Waals surface area contributed by atoms with Crippen molar-refractivity contribution >= 4 is 46.9 Å². The smallest absolute Gasteiger partial charge is 0.790 e. The van der Waals surface area contributed by atoms with Gasteiger partial charge >= 0.3 is 193 Å². The maximum absolute atomic E-state index is 11.8. The third-order valence-electron chi connectivity index (χ3n) is 3.39. The first-order valence-corrected chi connectivity index (χ1v) is 16.8. The largest absolute Gasteiger partial charge is 1.00 e. The summed E-state index contributed by atoms with van der Waals surface area (Å²) in [6.07, 6.45) is -18.4. The normalized spacial score (nSPS) is 28.6. The summed E-state index contributed by atoms with van der Waals surface area (Å²) in [5.41, 5.74) is 0. The van der Waals surface area contributed by atoms with Gasteiger partial charge in [-0.15, -0.1) is 0 Å². The molecule has 0 aromatic heterocycles. The van der Waals surface area contributed by atoms with Crippen LogP contribution in [0.5, 0.6) is 0 Å². The summed E-state index contributed by atoms with van der Waals surface area (Å²) in [4.78, 5) is 92.4. The number of phosphoric acid groups is 6. The summed E-state index contributed by atoms with van der Waals surface area (Å²) in [6, 6.07) is 0. The Labute approximate surface area is 368 Å². The third-order valence-corrected chi connectivity index (χ3v) is 9.78. The van der Waals surface area contributed by atoms with Gasteiger partial charge in [0.2, 0.25) is 0 Å². The molecule has 0 amide bonds. The number of aliphatic hydroxyl groups is 3. The van der Waals surface area contributed by atoms with E-state index in [9.17, 15) is 77.0 Å². The van der Waals surface area contributed by atoms with E-state index in [-0.39, 0.29) is 177 Å². The van der Waals surface area contributed by atoms with Crippen LogP contribution in [0.15, 0.2) is 0 Å². The predicted molar refractivity (Wildman–Crippen MR) is 88.2 cm³/mol. The van der Waals surface area contributed by atoms with Crippen LogP contribution in [0.4, 0.5) is 0 Å². The molecule has 0 radical (unpaired) electrons. The third kappa shape index (κ3) is 24.0. The minimum absolute atomic E-state index is 0. The van der Waals surface area contributed by atoms with Crippen molar-refractivity contribution in [3.63, 3.8) is 0 Å². The minimum atomic E-state index is -6.62. The van der Waals surface area contributed by atoms with Crippen LogP contribution in [0, 0.1) is 0 Å².